The fourth-order valence-electron chi connectivity index (χ4n) is 7.80. The van der Waals surface area contributed by atoms with Crippen LogP contribution in [0.5, 0.6) is 0 Å². The Hall–Kier alpha value is -0.300. The van der Waals surface area contributed by atoms with Crippen LogP contribution in [0, 0.1) is 28.1 Å². The monoisotopic (exact) mass is 316 g/mol. The average molecular weight is 317 g/mol. The lowest BCUT2D eigenvalue weighted by Crippen LogP contribution is -2.54. The number of hydrogen-bond acceptors (Lipinski definition) is 1. The molecule has 4 aliphatic rings. The van der Waals surface area contributed by atoms with Gasteiger partial charge in [-0.1, -0.05) is 57.1 Å². The van der Waals surface area contributed by atoms with Crippen molar-refractivity contribution in [2.45, 2.75) is 85.0 Å². The van der Waals surface area contributed by atoms with Gasteiger partial charge in [0.15, 0.2) is 0 Å². The Morgan fingerprint density at radius 3 is 2.48 bits per heavy atom. The lowest BCUT2D eigenvalue weighted by atomic mass is 9.45. The van der Waals surface area contributed by atoms with E-state index in [2.05, 4.69) is 20.8 Å². The first-order valence-corrected chi connectivity index (χ1v) is 10.2. The highest BCUT2D eigenvalue weighted by Gasteiger charge is 2.71. The fraction of sp³-hybridized carbons (Fsp3) is 0.909. The van der Waals surface area contributed by atoms with Gasteiger partial charge < -0.3 is 4.74 Å². The molecule has 0 heterocycles. The van der Waals surface area contributed by atoms with Crippen molar-refractivity contribution in [3.8, 4) is 0 Å². The Balaban J connectivity index is 1.79. The standard InChI is InChI=1S/C22H36O/c1-16-10-13-22-18(17-8-6-5-7-9-17)11-12-21(15-23-4,14-19(16)22)20(22,2)3/h17-18H,5-15H2,1-4H3. The van der Waals surface area contributed by atoms with E-state index in [0.717, 1.165) is 18.4 Å². The molecule has 23 heavy (non-hydrogen) atoms. The van der Waals surface area contributed by atoms with Crippen molar-refractivity contribution in [2.75, 3.05) is 13.7 Å². The molecule has 1 nitrogen and oxygen atoms in total. The van der Waals surface area contributed by atoms with Gasteiger partial charge in [-0.3, -0.25) is 0 Å². The van der Waals surface area contributed by atoms with E-state index < -0.39 is 0 Å². The number of allylic oxidation sites excluding steroid dienone is 2. The van der Waals surface area contributed by atoms with Crippen molar-refractivity contribution < 1.29 is 4.74 Å². The molecular weight excluding hydrogens is 280 g/mol. The molecule has 2 bridgehead atoms. The molecule has 3 saturated carbocycles. The first-order valence-electron chi connectivity index (χ1n) is 10.2. The van der Waals surface area contributed by atoms with E-state index in [9.17, 15) is 0 Å². The molecule has 3 atom stereocenters. The zero-order valence-corrected chi connectivity index (χ0v) is 15.8. The van der Waals surface area contributed by atoms with Crippen LogP contribution < -0.4 is 0 Å². The Morgan fingerprint density at radius 2 is 1.78 bits per heavy atom. The second-order valence-electron chi connectivity index (χ2n) is 9.79. The van der Waals surface area contributed by atoms with Crippen LogP contribution in [0.4, 0.5) is 0 Å². The van der Waals surface area contributed by atoms with Crippen LogP contribution in [0.1, 0.15) is 85.0 Å². The summed E-state index contributed by atoms with van der Waals surface area (Å²) in [6, 6.07) is 0. The molecule has 4 aliphatic carbocycles. The molecule has 0 amide bonds. The van der Waals surface area contributed by atoms with Crippen LogP contribution in [-0.4, -0.2) is 13.7 Å². The zero-order chi connectivity index (χ0) is 16.3. The molecule has 0 N–H and O–H groups in total. The lowest BCUT2D eigenvalue weighted by molar-refractivity contribution is -0.123. The molecule has 4 rings (SSSR count). The molecule has 3 unspecified atom stereocenters. The molecule has 0 radical (unpaired) electrons. The van der Waals surface area contributed by atoms with Gasteiger partial charge in [0.05, 0.1) is 6.61 Å². The van der Waals surface area contributed by atoms with Crippen LogP contribution in [0.15, 0.2) is 11.1 Å². The van der Waals surface area contributed by atoms with Crippen molar-refractivity contribution >= 4 is 0 Å². The van der Waals surface area contributed by atoms with E-state index >= 15 is 0 Å². The topological polar surface area (TPSA) is 9.23 Å². The lowest BCUT2D eigenvalue weighted by Gasteiger charge is -2.59. The van der Waals surface area contributed by atoms with E-state index in [1.165, 1.54) is 64.2 Å². The molecule has 3 fully saturated rings. The number of fused-ring (bicyclic) bond motifs is 1. The molecule has 0 aromatic heterocycles. The maximum atomic E-state index is 5.79. The van der Waals surface area contributed by atoms with Crippen molar-refractivity contribution in [1.82, 2.24) is 0 Å². The van der Waals surface area contributed by atoms with Crippen LogP contribution in [0.2, 0.25) is 0 Å². The second kappa shape index (κ2) is 5.35. The van der Waals surface area contributed by atoms with Gasteiger partial charge in [0.25, 0.3) is 0 Å². The van der Waals surface area contributed by atoms with Crippen molar-refractivity contribution in [1.29, 1.82) is 0 Å². The molecule has 1 heteroatoms. The van der Waals surface area contributed by atoms with Crippen LogP contribution >= 0.6 is 0 Å². The highest BCUT2D eigenvalue weighted by Crippen LogP contribution is 2.78. The smallest absolute Gasteiger partial charge is 0.0527 e. The molecule has 1 spiro atoms. The molecule has 130 valence electrons. The van der Waals surface area contributed by atoms with Crippen molar-refractivity contribution in [3.05, 3.63) is 11.1 Å². The highest BCUT2D eigenvalue weighted by molar-refractivity contribution is 5.41. The minimum Gasteiger partial charge on any atom is -0.384 e. The van der Waals surface area contributed by atoms with E-state index in [1.54, 1.807) is 5.57 Å². The van der Waals surface area contributed by atoms with Gasteiger partial charge in [0, 0.05) is 17.9 Å². The quantitative estimate of drug-likeness (QED) is 0.568. The summed E-state index contributed by atoms with van der Waals surface area (Å²) in [7, 11) is 1.92. The Kier molecular flexibility index (Phi) is 3.76. The third-order valence-corrected chi connectivity index (χ3v) is 9.11. The molecule has 0 aliphatic heterocycles. The molecule has 0 aromatic rings. The molecular formula is C22H36O. The highest BCUT2D eigenvalue weighted by atomic mass is 16.5. The number of methoxy groups -OCH3 is 1. The average Bonchev–Trinajstić information content (AvgIpc) is 2.87. The van der Waals surface area contributed by atoms with Crippen LogP contribution in [0.25, 0.3) is 0 Å². The SMILES string of the molecule is COCC12CCC(C3CCCCC3)C3(CCC(C)=C3C1)C2(C)C. The van der Waals surface area contributed by atoms with Gasteiger partial charge in [0.1, 0.15) is 0 Å². The number of hydrogen-bond donors (Lipinski definition) is 0. The summed E-state index contributed by atoms with van der Waals surface area (Å²) in [5.74, 6) is 1.96. The summed E-state index contributed by atoms with van der Waals surface area (Å²) >= 11 is 0. The Bertz CT molecular complexity index is 510. The van der Waals surface area contributed by atoms with Gasteiger partial charge in [-0.2, -0.15) is 0 Å². The summed E-state index contributed by atoms with van der Waals surface area (Å²) in [5, 5.41) is 0. The van der Waals surface area contributed by atoms with E-state index in [-0.39, 0.29) is 0 Å². The molecule has 0 aromatic carbocycles. The maximum absolute atomic E-state index is 5.79. The van der Waals surface area contributed by atoms with Gasteiger partial charge in [-0.15, -0.1) is 0 Å². The summed E-state index contributed by atoms with van der Waals surface area (Å²) in [4.78, 5) is 0. The van der Waals surface area contributed by atoms with Gasteiger partial charge >= 0.3 is 0 Å². The number of ether oxygens (including phenoxy) is 1. The summed E-state index contributed by atoms with van der Waals surface area (Å²) < 4.78 is 5.79. The third-order valence-electron chi connectivity index (χ3n) is 9.11. The minimum atomic E-state index is 0.406. The maximum Gasteiger partial charge on any atom is 0.0527 e. The fourth-order valence-corrected chi connectivity index (χ4v) is 7.80. The summed E-state index contributed by atoms with van der Waals surface area (Å²) in [6.07, 6.45) is 14.5. The van der Waals surface area contributed by atoms with Crippen molar-refractivity contribution in [2.24, 2.45) is 28.1 Å². The first kappa shape index (κ1) is 16.2. The predicted molar refractivity (Wildman–Crippen MR) is 96.4 cm³/mol. The third kappa shape index (κ3) is 1.89. The summed E-state index contributed by atoms with van der Waals surface area (Å²) in [6.45, 7) is 8.65. The summed E-state index contributed by atoms with van der Waals surface area (Å²) in [5.41, 5.74) is 4.97. The Labute approximate surface area is 143 Å². The van der Waals surface area contributed by atoms with Crippen LogP contribution in [0.3, 0.4) is 0 Å². The number of rotatable bonds is 3. The van der Waals surface area contributed by atoms with Gasteiger partial charge in [-0.05, 0) is 56.3 Å². The van der Waals surface area contributed by atoms with E-state index in [0.29, 0.717) is 16.2 Å². The van der Waals surface area contributed by atoms with E-state index in [1.807, 2.05) is 12.7 Å². The Morgan fingerprint density at radius 1 is 1.04 bits per heavy atom. The van der Waals surface area contributed by atoms with Crippen LogP contribution in [-0.2, 0) is 4.74 Å². The zero-order valence-electron chi connectivity index (χ0n) is 15.8. The predicted octanol–water partition coefficient (Wildman–Crippen LogP) is 6.14. The van der Waals surface area contributed by atoms with Gasteiger partial charge in [0.2, 0.25) is 0 Å². The molecule has 0 saturated heterocycles. The normalized spacial score (nSPS) is 43.0. The minimum absolute atomic E-state index is 0.406. The largest absolute Gasteiger partial charge is 0.384 e. The second-order valence-corrected chi connectivity index (χ2v) is 9.79. The van der Waals surface area contributed by atoms with Gasteiger partial charge in [-0.25, -0.2) is 0 Å². The first-order chi connectivity index (χ1) is 11.0. The van der Waals surface area contributed by atoms with Crippen molar-refractivity contribution in [3.63, 3.8) is 0 Å². The van der Waals surface area contributed by atoms with E-state index in [4.69, 9.17) is 4.74 Å².